The number of nitrogens with zero attached hydrogens (tertiary/aromatic N) is 2. The van der Waals surface area contributed by atoms with E-state index in [2.05, 4.69) is 15.3 Å². The Labute approximate surface area is 102 Å². The summed E-state index contributed by atoms with van der Waals surface area (Å²) in [5, 5.41) is 13.9. The van der Waals surface area contributed by atoms with Gasteiger partial charge in [-0.25, -0.2) is 4.98 Å². The highest BCUT2D eigenvalue weighted by molar-refractivity contribution is 5.79. The highest BCUT2D eigenvalue weighted by Crippen LogP contribution is 2.21. The molecule has 7 heteroatoms. The van der Waals surface area contributed by atoms with Gasteiger partial charge in [-0.1, -0.05) is 0 Å². The number of imidazole rings is 1. The van der Waals surface area contributed by atoms with Crippen LogP contribution in [0.1, 0.15) is 6.42 Å². The van der Waals surface area contributed by atoms with Crippen LogP contribution in [-0.2, 0) is 4.74 Å². The van der Waals surface area contributed by atoms with E-state index in [1.54, 1.807) is 6.07 Å². The standard InChI is InChI=1S/C11H12N4O3/c16-15(17)8-1-2-9-10(5-8)14-11(13-9)12-7-3-4-18-6-7/h1-2,5,7H,3-4,6H2,(H2,12,13,14). The van der Waals surface area contributed by atoms with Crippen molar-refractivity contribution in [2.75, 3.05) is 18.5 Å². The number of fused-ring (bicyclic) bond motifs is 1. The van der Waals surface area contributed by atoms with Crippen LogP contribution in [0.4, 0.5) is 11.6 Å². The fourth-order valence-electron chi connectivity index (χ4n) is 2.02. The molecule has 0 spiro atoms. The molecule has 1 aliphatic heterocycles. The molecule has 0 bridgehead atoms. The molecule has 0 saturated carbocycles. The number of H-pyrrole nitrogens is 1. The van der Waals surface area contributed by atoms with Crippen LogP contribution in [0.2, 0.25) is 0 Å². The Morgan fingerprint density at radius 1 is 1.56 bits per heavy atom. The van der Waals surface area contributed by atoms with Gasteiger partial charge in [-0.05, 0) is 12.5 Å². The highest BCUT2D eigenvalue weighted by atomic mass is 16.6. The van der Waals surface area contributed by atoms with Gasteiger partial charge in [0.2, 0.25) is 5.95 Å². The summed E-state index contributed by atoms with van der Waals surface area (Å²) in [6, 6.07) is 4.82. The van der Waals surface area contributed by atoms with E-state index in [1.165, 1.54) is 12.1 Å². The van der Waals surface area contributed by atoms with E-state index in [4.69, 9.17) is 4.74 Å². The van der Waals surface area contributed by atoms with Crippen LogP contribution in [0.3, 0.4) is 0 Å². The van der Waals surface area contributed by atoms with Crippen molar-refractivity contribution in [3.05, 3.63) is 28.3 Å². The molecule has 0 amide bonds. The van der Waals surface area contributed by atoms with Crippen molar-refractivity contribution in [3.63, 3.8) is 0 Å². The Hall–Kier alpha value is -2.15. The third kappa shape index (κ3) is 2.00. The number of anilines is 1. The molecule has 2 N–H and O–H groups in total. The number of nitrogens with one attached hydrogen (secondary N) is 2. The molecule has 7 nitrogen and oxygen atoms in total. The molecule has 1 aromatic carbocycles. The van der Waals surface area contributed by atoms with Crippen LogP contribution in [0.5, 0.6) is 0 Å². The van der Waals surface area contributed by atoms with Gasteiger partial charge in [-0.3, -0.25) is 10.1 Å². The quantitative estimate of drug-likeness (QED) is 0.636. The number of aromatic nitrogens is 2. The highest BCUT2D eigenvalue weighted by Gasteiger charge is 2.17. The summed E-state index contributed by atoms with van der Waals surface area (Å²) in [6.07, 6.45) is 0.942. The molecule has 94 valence electrons. The van der Waals surface area contributed by atoms with Crippen molar-refractivity contribution in [1.82, 2.24) is 9.97 Å². The maximum absolute atomic E-state index is 10.7. The number of aromatic amines is 1. The van der Waals surface area contributed by atoms with E-state index in [9.17, 15) is 10.1 Å². The Balaban J connectivity index is 1.87. The number of hydrogen-bond donors (Lipinski definition) is 2. The minimum absolute atomic E-state index is 0.0573. The van der Waals surface area contributed by atoms with Crippen LogP contribution < -0.4 is 5.32 Å². The molecule has 1 aromatic heterocycles. The molecule has 2 aromatic rings. The first kappa shape index (κ1) is 11.0. The van der Waals surface area contributed by atoms with E-state index in [1.807, 2.05) is 0 Å². The number of benzene rings is 1. The predicted molar refractivity (Wildman–Crippen MR) is 65.6 cm³/mol. The van der Waals surface area contributed by atoms with Crippen molar-refractivity contribution in [2.24, 2.45) is 0 Å². The van der Waals surface area contributed by atoms with E-state index in [0.29, 0.717) is 23.6 Å². The van der Waals surface area contributed by atoms with Gasteiger partial charge in [0.05, 0.1) is 28.6 Å². The molecule has 0 radical (unpaired) electrons. The summed E-state index contributed by atoms with van der Waals surface area (Å²) >= 11 is 0. The maximum atomic E-state index is 10.7. The molecule has 1 saturated heterocycles. The molecule has 3 rings (SSSR count). The first-order valence-electron chi connectivity index (χ1n) is 5.71. The lowest BCUT2D eigenvalue weighted by Gasteiger charge is -2.07. The van der Waals surface area contributed by atoms with Crippen LogP contribution in [0, 0.1) is 10.1 Å². The summed E-state index contributed by atoms with van der Waals surface area (Å²) in [7, 11) is 0. The van der Waals surface area contributed by atoms with E-state index < -0.39 is 4.92 Å². The molecule has 1 atom stereocenters. The fourth-order valence-corrected chi connectivity index (χ4v) is 2.02. The summed E-state index contributed by atoms with van der Waals surface area (Å²) in [5.74, 6) is 0.626. The maximum Gasteiger partial charge on any atom is 0.271 e. The van der Waals surface area contributed by atoms with Gasteiger partial charge in [0.15, 0.2) is 0 Å². The van der Waals surface area contributed by atoms with E-state index in [-0.39, 0.29) is 11.7 Å². The summed E-state index contributed by atoms with van der Waals surface area (Å²) in [4.78, 5) is 17.6. The predicted octanol–water partition coefficient (Wildman–Crippen LogP) is 1.67. The number of nitro groups is 1. The van der Waals surface area contributed by atoms with Crippen LogP contribution in [0.15, 0.2) is 18.2 Å². The smallest absolute Gasteiger partial charge is 0.271 e. The average molecular weight is 248 g/mol. The normalized spacial score (nSPS) is 19.2. The summed E-state index contributed by atoms with van der Waals surface area (Å²) < 4.78 is 5.26. The molecular weight excluding hydrogens is 236 g/mol. The van der Waals surface area contributed by atoms with Crippen molar-refractivity contribution >= 4 is 22.7 Å². The zero-order valence-corrected chi connectivity index (χ0v) is 9.55. The second-order valence-corrected chi connectivity index (χ2v) is 4.25. The van der Waals surface area contributed by atoms with Crippen LogP contribution >= 0.6 is 0 Å². The second-order valence-electron chi connectivity index (χ2n) is 4.25. The van der Waals surface area contributed by atoms with Crippen LogP contribution in [-0.4, -0.2) is 34.1 Å². The fraction of sp³-hybridized carbons (Fsp3) is 0.364. The molecule has 2 heterocycles. The average Bonchev–Trinajstić information content (AvgIpc) is 2.96. The van der Waals surface area contributed by atoms with Crippen molar-refractivity contribution in [3.8, 4) is 0 Å². The van der Waals surface area contributed by atoms with E-state index >= 15 is 0 Å². The third-order valence-electron chi connectivity index (χ3n) is 2.95. The van der Waals surface area contributed by atoms with Gasteiger partial charge in [0.1, 0.15) is 0 Å². The van der Waals surface area contributed by atoms with Gasteiger partial charge in [0, 0.05) is 18.7 Å². The minimum Gasteiger partial charge on any atom is -0.379 e. The molecule has 1 fully saturated rings. The SMILES string of the molecule is O=[N+]([O-])c1ccc2nc(NC3CCOC3)[nH]c2c1. The topological polar surface area (TPSA) is 93.1 Å². The van der Waals surface area contributed by atoms with Gasteiger partial charge >= 0.3 is 0 Å². The molecule has 18 heavy (non-hydrogen) atoms. The van der Waals surface area contributed by atoms with Gasteiger partial charge in [-0.2, -0.15) is 0 Å². The lowest BCUT2D eigenvalue weighted by molar-refractivity contribution is -0.384. The van der Waals surface area contributed by atoms with Crippen molar-refractivity contribution in [2.45, 2.75) is 12.5 Å². The Kier molecular flexibility index (Phi) is 2.60. The lowest BCUT2D eigenvalue weighted by atomic mass is 10.3. The minimum atomic E-state index is -0.418. The zero-order chi connectivity index (χ0) is 12.5. The number of non-ortho nitro benzene ring substituents is 1. The summed E-state index contributed by atoms with van der Waals surface area (Å²) in [6.45, 7) is 1.42. The van der Waals surface area contributed by atoms with Gasteiger partial charge in [0.25, 0.3) is 5.69 Å². The number of ether oxygens (including phenoxy) is 1. The largest absolute Gasteiger partial charge is 0.379 e. The Morgan fingerprint density at radius 2 is 2.44 bits per heavy atom. The summed E-state index contributed by atoms with van der Waals surface area (Å²) in [5.41, 5.74) is 1.43. The third-order valence-corrected chi connectivity index (χ3v) is 2.95. The second kappa shape index (κ2) is 4.26. The number of rotatable bonds is 3. The molecular formula is C11H12N4O3. The Morgan fingerprint density at radius 3 is 3.17 bits per heavy atom. The monoisotopic (exact) mass is 248 g/mol. The van der Waals surface area contributed by atoms with Gasteiger partial charge < -0.3 is 15.0 Å². The van der Waals surface area contributed by atoms with Crippen molar-refractivity contribution in [1.29, 1.82) is 0 Å². The van der Waals surface area contributed by atoms with Crippen LogP contribution in [0.25, 0.3) is 11.0 Å². The Bertz CT molecular complexity index is 589. The lowest BCUT2D eigenvalue weighted by Crippen LogP contribution is -2.19. The number of hydrogen-bond acceptors (Lipinski definition) is 5. The molecule has 0 aliphatic carbocycles. The molecule has 1 unspecified atom stereocenters. The zero-order valence-electron chi connectivity index (χ0n) is 9.55. The van der Waals surface area contributed by atoms with E-state index in [0.717, 1.165) is 13.0 Å². The van der Waals surface area contributed by atoms with Crippen molar-refractivity contribution < 1.29 is 9.66 Å². The first-order chi connectivity index (χ1) is 8.72. The van der Waals surface area contributed by atoms with Gasteiger partial charge in [-0.15, -0.1) is 0 Å². The number of nitro benzene ring substituents is 1. The first-order valence-corrected chi connectivity index (χ1v) is 5.71. The molecule has 1 aliphatic rings.